The number of nitrogens with zero attached hydrogens (tertiary/aromatic N) is 3. The van der Waals surface area contributed by atoms with Crippen LogP contribution in [0.2, 0.25) is 0 Å². The van der Waals surface area contributed by atoms with E-state index < -0.39 is 0 Å². The third-order valence-corrected chi connectivity index (χ3v) is 4.36. The Morgan fingerprint density at radius 3 is 2.58 bits per heavy atom. The molecule has 6 nitrogen and oxygen atoms in total. The number of methoxy groups -OCH3 is 1. The van der Waals surface area contributed by atoms with Crippen molar-refractivity contribution in [1.29, 1.82) is 0 Å². The third-order valence-electron chi connectivity index (χ3n) is 4.36. The Morgan fingerprint density at radius 1 is 1.21 bits per heavy atom. The molecule has 1 aliphatic rings. The number of carbonyl (C=O) groups is 1. The molecule has 24 heavy (non-hydrogen) atoms. The molecule has 0 saturated carbocycles. The van der Waals surface area contributed by atoms with Crippen molar-refractivity contribution in [3.05, 3.63) is 29.8 Å². The van der Waals surface area contributed by atoms with Gasteiger partial charge in [0.15, 0.2) is 0 Å². The first-order chi connectivity index (χ1) is 11.6. The molecule has 134 valence electrons. The van der Waals surface area contributed by atoms with Crippen molar-refractivity contribution in [2.75, 3.05) is 60.5 Å². The van der Waals surface area contributed by atoms with E-state index in [1.165, 1.54) is 6.42 Å². The van der Waals surface area contributed by atoms with Gasteiger partial charge in [-0.05, 0) is 39.7 Å². The molecule has 0 bridgehead atoms. The fourth-order valence-electron chi connectivity index (χ4n) is 2.92. The number of carbonyl (C=O) groups excluding carboxylic acids is 1. The molecule has 1 saturated heterocycles. The van der Waals surface area contributed by atoms with Gasteiger partial charge >= 0.3 is 6.03 Å². The molecule has 2 rings (SSSR count). The fourth-order valence-corrected chi connectivity index (χ4v) is 2.92. The number of rotatable bonds is 7. The summed E-state index contributed by atoms with van der Waals surface area (Å²) in [7, 11) is 5.85. The number of urea groups is 1. The highest BCUT2D eigenvalue weighted by Crippen LogP contribution is 2.16. The lowest BCUT2D eigenvalue weighted by Gasteiger charge is -2.34. The van der Waals surface area contributed by atoms with Crippen molar-refractivity contribution >= 4 is 6.03 Å². The first-order valence-electron chi connectivity index (χ1n) is 8.62. The van der Waals surface area contributed by atoms with Gasteiger partial charge in [-0.25, -0.2) is 4.79 Å². The smallest absolute Gasteiger partial charge is 0.317 e. The van der Waals surface area contributed by atoms with Crippen LogP contribution in [0.15, 0.2) is 24.3 Å². The normalized spacial score (nSPS) is 15.6. The zero-order valence-corrected chi connectivity index (χ0v) is 15.1. The number of hydrogen-bond acceptors (Lipinski definition) is 4. The summed E-state index contributed by atoms with van der Waals surface area (Å²) in [6.07, 6.45) is 1.17. The molecular formula is C18H30N4O2. The van der Waals surface area contributed by atoms with Crippen LogP contribution >= 0.6 is 0 Å². The van der Waals surface area contributed by atoms with Crippen molar-refractivity contribution in [3.63, 3.8) is 0 Å². The zero-order valence-electron chi connectivity index (χ0n) is 15.1. The number of ether oxygens (including phenoxy) is 1. The molecule has 0 spiro atoms. The molecule has 1 aromatic rings. The molecule has 0 aliphatic carbocycles. The first-order valence-corrected chi connectivity index (χ1v) is 8.62. The SMILES string of the molecule is COc1ccccc1CNC(=O)N1CCN(CCCN(C)C)CC1. The highest BCUT2D eigenvalue weighted by atomic mass is 16.5. The third kappa shape index (κ3) is 5.69. The van der Waals surface area contributed by atoms with Gasteiger partial charge in [0, 0.05) is 38.3 Å². The van der Waals surface area contributed by atoms with Crippen LogP contribution in [0, 0.1) is 0 Å². The molecule has 0 aromatic heterocycles. The fraction of sp³-hybridized carbons (Fsp3) is 0.611. The minimum Gasteiger partial charge on any atom is -0.496 e. The van der Waals surface area contributed by atoms with E-state index >= 15 is 0 Å². The van der Waals surface area contributed by atoms with E-state index in [0.717, 1.165) is 50.6 Å². The maximum Gasteiger partial charge on any atom is 0.317 e. The van der Waals surface area contributed by atoms with Gasteiger partial charge < -0.3 is 19.9 Å². The average molecular weight is 334 g/mol. The van der Waals surface area contributed by atoms with Crippen LogP contribution in [0.4, 0.5) is 4.79 Å². The van der Waals surface area contributed by atoms with Gasteiger partial charge in [-0.2, -0.15) is 0 Å². The summed E-state index contributed by atoms with van der Waals surface area (Å²) in [6.45, 7) is 6.20. The standard InChI is InChI=1S/C18H30N4O2/c1-20(2)9-6-10-21-11-13-22(14-12-21)18(23)19-15-16-7-4-5-8-17(16)24-3/h4-5,7-8H,6,9-15H2,1-3H3,(H,19,23). The van der Waals surface area contributed by atoms with Crippen molar-refractivity contribution in [1.82, 2.24) is 20.0 Å². The molecule has 1 aromatic carbocycles. The second-order valence-electron chi connectivity index (χ2n) is 6.46. The van der Waals surface area contributed by atoms with Crippen molar-refractivity contribution < 1.29 is 9.53 Å². The first kappa shape index (κ1) is 18.5. The van der Waals surface area contributed by atoms with Crippen molar-refractivity contribution in [2.24, 2.45) is 0 Å². The lowest BCUT2D eigenvalue weighted by atomic mass is 10.2. The quantitative estimate of drug-likeness (QED) is 0.820. The van der Waals surface area contributed by atoms with Crippen LogP contribution in [-0.2, 0) is 6.54 Å². The van der Waals surface area contributed by atoms with E-state index in [0.29, 0.717) is 6.54 Å². The van der Waals surface area contributed by atoms with Gasteiger partial charge in [-0.3, -0.25) is 4.90 Å². The van der Waals surface area contributed by atoms with E-state index in [9.17, 15) is 4.79 Å². The number of hydrogen-bond donors (Lipinski definition) is 1. The largest absolute Gasteiger partial charge is 0.496 e. The minimum absolute atomic E-state index is 0.00819. The number of amides is 2. The average Bonchev–Trinajstić information content (AvgIpc) is 2.60. The molecule has 6 heteroatoms. The van der Waals surface area contributed by atoms with Crippen LogP contribution < -0.4 is 10.1 Å². The molecule has 0 unspecified atom stereocenters. The maximum atomic E-state index is 12.3. The summed E-state index contributed by atoms with van der Waals surface area (Å²) >= 11 is 0. The highest BCUT2D eigenvalue weighted by molar-refractivity contribution is 5.74. The van der Waals surface area contributed by atoms with Crippen LogP contribution in [0.5, 0.6) is 5.75 Å². The lowest BCUT2D eigenvalue weighted by molar-refractivity contribution is 0.136. The summed E-state index contributed by atoms with van der Waals surface area (Å²) < 4.78 is 5.32. The monoisotopic (exact) mass is 334 g/mol. The van der Waals surface area contributed by atoms with E-state index in [-0.39, 0.29) is 6.03 Å². The Hall–Kier alpha value is -1.79. The van der Waals surface area contributed by atoms with E-state index in [4.69, 9.17) is 4.74 Å². The van der Waals surface area contributed by atoms with Gasteiger partial charge in [0.05, 0.1) is 7.11 Å². The van der Waals surface area contributed by atoms with Crippen molar-refractivity contribution in [2.45, 2.75) is 13.0 Å². The van der Waals surface area contributed by atoms with Gasteiger partial charge in [0.2, 0.25) is 0 Å². The van der Waals surface area contributed by atoms with E-state index in [1.54, 1.807) is 7.11 Å². The van der Waals surface area contributed by atoms with Gasteiger partial charge in [-0.1, -0.05) is 18.2 Å². The molecule has 0 radical (unpaired) electrons. The van der Waals surface area contributed by atoms with Gasteiger partial charge in [-0.15, -0.1) is 0 Å². The Balaban J connectivity index is 1.71. The highest BCUT2D eigenvalue weighted by Gasteiger charge is 2.20. The Bertz CT molecular complexity index is 513. The second kappa shape index (κ2) is 9.49. The second-order valence-corrected chi connectivity index (χ2v) is 6.46. The summed E-state index contributed by atoms with van der Waals surface area (Å²) in [6, 6.07) is 7.78. The minimum atomic E-state index is 0.00819. The molecule has 1 fully saturated rings. The van der Waals surface area contributed by atoms with E-state index in [1.807, 2.05) is 29.2 Å². The number of benzene rings is 1. The Kier molecular flexibility index (Phi) is 7.34. The summed E-state index contributed by atoms with van der Waals surface area (Å²) in [5, 5.41) is 3.00. The van der Waals surface area contributed by atoms with Gasteiger partial charge in [0.1, 0.15) is 5.75 Å². The van der Waals surface area contributed by atoms with Crippen molar-refractivity contribution in [3.8, 4) is 5.75 Å². The zero-order chi connectivity index (χ0) is 17.4. The predicted octanol–water partition coefficient (Wildman–Crippen LogP) is 1.47. The molecule has 0 atom stereocenters. The van der Waals surface area contributed by atoms with Crippen LogP contribution in [0.1, 0.15) is 12.0 Å². The van der Waals surface area contributed by atoms with Crippen LogP contribution in [0.25, 0.3) is 0 Å². The van der Waals surface area contributed by atoms with Crippen LogP contribution in [0.3, 0.4) is 0 Å². The Morgan fingerprint density at radius 2 is 1.92 bits per heavy atom. The molecule has 1 aliphatic heterocycles. The van der Waals surface area contributed by atoms with Crippen LogP contribution in [-0.4, -0.2) is 81.2 Å². The molecule has 1 N–H and O–H groups in total. The lowest BCUT2D eigenvalue weighted by Crippen LogP contribution is -2.51. The molecular weight excluding hydrogens is 304 g/mol. The molecule has 1 heterocycles. The number of piperazine rings is 1. The number of para-hydroxylation sites is 1. The Labute approximate surface area is 145 Å². The molecule has 2 amide bonds. The summed E-state index contributed by atoms with van der Waals surface area (Å²) in [5.74, 6) is 0.809. The summed E-state index contributed by atoms with van der Waals surface area (Å²) in [5.41, 5.74) is 0.996. The van der Waals surface area contributed by atoms with Gasteiger partial charge in [0.25, 0.3) is 0 Å². The topological polar surface area (TPSA) is 48.1 Å². The van der Waals surface area contributed by atoms with E-state index in [2.05, 4.69) is 29.2 Å². The summed E-state index contributed by atoms with van der Waals surface area (Å²) in [4.78, 5) is 18.9. The number of nitrogens with one attached hydrogen (secondary N) is 1. The maximum absolute atomic E-state index is 12.3. The predicted molar refractivity (Wildman–Crippen MR) is 96.4 cm³/mol.